The smallest absolute Gasteiger partial charge is 0.224 e. The molecule has 0 radical (unpaired) electrons. The molecule has 122 valence electrons. The van der Waals surface area contributed by atoms with Crippen LogP contribution in [0, 0.1) is 0 Å². The molecule has 0 aliphatic carbocycles. The molecule has 1 aliphatic rings. The van der Waals surface area contributed by atoms with E-state index in [9.17, 15) is 4.79 Å². The Kier molecular flexibility index (Phi) is 5.39. The van der Waals surface area contributed by atoms with E-state index in [1.54, 1.807) is 10.9 Å². The monoisotopic (exact) mass is 314 g/mol. The maximum atomic E-state index is 12.0. The lowest BCUT2D eigenvalue weighted by atomic mass is 10.2. The van der Waals surface area contributed by atoms with E-state index >= 15 is 0 Å². The number of morpholine rings is 1. The molecule has 1 aromatic carbocycles. The topological polar surface area (TPSA) is 59.4 Å². The zero-order valence-corrected chi connectivity index (χ0v) is 13.1. The number of aromatic nitrogens is 2. The van der Waals surface area contributed by atoms with Gasteiger partial charge in [-0.25, -0.2) is 4.68 Å². The highest BCUT2D eigenvalue weighted by atomic mass is 16.5. The summed E-state index contributed by atoms with van der Waals surface area (Å²) < 4.78 is 7.09. The number of ether oxygens (including phenoxy) is 1. The van der Waals surface area contributed by atoms with Gasteiger partial charge < -0.3 is 10.1 Å². The number of carbonyl (C=O) groups excluding carboxylic acids is 1. The summed E-state index contributed by atoms with van der Waals surface area (Å²) in [6.45, 7) is 5.00. The summed E-state index contributed by atoms with van der Waals surface area (Å²) in [5.41, 5.74) is 1.91. The number of amides is 1. The Morgan fingerprint density at radius 1 is 1.22 bits per heavy atom. The molecule has 1 N–H and O–H groups in total. The van der Waals surface area contributed by atoms with Crippen LogP contribution in [0.5, 0.6) is 0 Å². The first kappa shape index (κ1) is 15.7. The van der Waals surface area contributed by atoms with Crippen molar-refractivity contribution in [2.75, 3.05) is 39.4 Å². The van der Waals surface area contributed by atoms with Gasteiger partial charge >= 0.3 is 0 Å². The summed E-state index contributed by atoms with van der Waals surface area (Å²) >= 11 is 0. The third-order valence-corrected chi connectivity index (χ3v) is 3.88. The van der Waals surface area contributed by atoms with Crippen LogP contribution >= 0.6 is 0 Å². The van der Waals surface area contributed by atoms with Crippen molar-refractivity contribution in [3.8, 4) is 5.69 Å². The minimum absolute atomic E-state index is 0.0332. The van der Waals surface area contributed by atoms with Gasteiger partial charge in [-0.3, -0.25) is 9.69 Å². The lowest BCUT2D eigenvalue weighted by Crippen LogP contribution is -2.41. The molecule has 23 heavy (non-hydrogen) atoms. The zero-order chi connectivity index (χ0) is 15.9. The molecule has 2 aromatic rings. The van der Waals surface area contributed by atoms with E-state index in [4.69, 9.17) is 4.74 Å². The van der Waals surface area contributed by atoms with Crippen LogP contribution < -0.4 is 5.32 Å². The number of benzene rings is 1. The van der Waals surface area contributed by atoms with E-state index in [0.29, 0.717) is 13.0 Å². The van der Waals surface area contributed by atoms with Gasteiger partial charge in [0, 0.05) is 32.4 Å². The van der Waals surface area contributed by atoms with Gasteiger partial charge in [-0.1, -0.05) is 18.2 Å². The van der Waals surface area contributed by atoms with Crippen LogP contribution in [0.15, 0.2) is 42.7 Å². The van der Waals surface area contributed by atoms with Gasteiger partial charge in [-0.2, -0.15) is 5.10 Å². The van der Waals surface area contributed by atoms with Crippen molar-refractivity contribution >= 4 is 5.91 Å². The van der Waals surface area contributed by atoms with Gasteiger partial charge in [0.2, 0.25) is 5.91 Å². The SMILES string of the molecule is O=C(Cc1cnn(-c2ccccc2)c1)NCCN1CCOCC1. The maximum Gasteiger partial charge on any atom is 0.224 e. The minimum atomic E-state index is 0.0332. The molecule has 1 fully saturated rings. The van der Waals surface area contributed by atoms with Crippen LogP contribution in [0.25, 0.3) is 5.69 Å². The average Bonchev–Trinajstić information content (AvgIpc) is 3.05. The quantitative estimate of drug-likeness (QED) is 0.859. The predicted octanol–water partition coefficient (Wildman–Crippen LogP) is 0.863. The van der Waals surface area contributed by atoms with E-state index in [2.05, 4.69) is 15.3 Å². The second-order valence-electron chi connectivity index (χ2n) is 5.61. The Balaban J connectivity index is 1.44. The van der Waals surface area contributed by atoms with Crippen LogP contribution in [0.4, 0.5) is 0 Å². The Morgan fingerprint density at radius 3 is 2.78 bits per heavy atom. The van der Waals surface area contributed by atoms with Gasteiger partial charge in [-0.05, 0) is 17.7 Å². The second kappa shape index (κ2) is 7.89. The molecule has 1 saturated heterocycles. The summed E-state index contributed by atoms with van der Waals surface area (Å²) in [4.78, 5) is 14.3. The third-order valence-electron chi connectivity index (χ3n) is 3.88. The average molecular weight is 314 g/mol. The van der Waals surface area contributed by atoms with Crippen molar-refractivity contribution in [2.24, 2.45) is 0 Å². The van der Waals surface area contributed by atoms with Crippen molar-refractivity contribution < 1.29 is 9.53 Å². The number of carbonyl (C=O) groups is 1. The van der Waals surface area contributed by atoms with Gasteiger partial charge in [0.15, 0.2) is 0 Å². The Hall–Kier alpha value is -2.18. The van der Waals surface area contributed by atoms with Crippen LogP contribution in [0.1, 0.15) is 5.56 Å². The molecule has 2 heterocycles. The van der Waals surface area contributed by atoms with E-state index in [1.165, 1.54) is 0 Å². The number of rotatable bonds is 6. The number of nitrogens with one attached hydrogen (secondary N) is 1. The number of hydrogen-bond acceptors (Lipinski definition) is 4. The summed E-state index contributed by atoms with van der Waals surface area (Å²) in [6, 6.07) is 9.87. The van der Waals surface area contributed by atoms with Gasteiger partial charge in [0.1, 0.15) is 0 Å². The fourth-order valence-corrected chi connectivity index (χ4v) is 2.60. The van der Waals surface area contributed by atoms with Crippen LogP contribution in [-0.4, -0.2) is 60.0 Å². The maximum absolute atomic E-state index is 12.0. The highest BCUT2D eigenvalue weighted by molar-refractivity contribution is 5.78. The van der Waals surface area contributed by atoms with E-state index < -0.39 is 0 Å². The molecule has 1 amide bonds. The van der Waals surface area contributed by atoms with E-state index in [-0.39, 0.29) is 5.91 Å². The fraction of sp³-hybridized carbons (Fsp3) is 0.412. The van der Waals surface area contributed by atoms with E-state index in [0.717, 1.165) is 44.1 Å². The lowest BCUT2D eigenvalue weighted by Gasteiger charge is -2.26. The molecule has 0 atom stereocenters. The van der Waals surface area contributed by atoms with Crippen LogP contribution in [0.2, 0.25) is 0 Å². The Morgan fingerprint density at radius 2 is 2.00 bits per heavy atom. The van der Waals surface area contributed by atoms with Crippen molar-refractivity contribution in [3.05, 3.63) is 48.3 Å². The number of para-hydroxylation sites is 1. The fourth-order valence-electron chi connectivity index (χ4n) is 2.60. The summed E-state index contributed by atoms with van der Waals surface area (Å²) in [5, 5.41) is 7.28. The molecule has 6 heteroatoms. The molecule has 0 spiro atoms. The highest BCUT2D eigenvalue weighted by Gasteiger charge is 2.11. The van der Waals surface area contributed by atoms with Crippen molar-refractivity contribution in [2.45, 2.75) is 6.42 Å². The van der Waals surface area contributed by atoms with Gasteiger partial charge in [0.25, 0.3) is 0 Å². The summed E-state index contributed by atoms with van der Waals surface area (Å²) in [6.07, 6.45) is 4.00. The lowest BCUT2D eigenvalue weighted by molar-refractivity contribution is -0.120. The molecule has 3 rings (SSSR count). The normalized spacial score (nSPS) is 15.5. The van der Waals surface area contributed by atoms with Gasteiger partial charge in [0.05, 0.1) is 31.5 Å². The number of nitrogens with zero attached hydrogens (tertiary/aromatic N) is 3. The van der Waals surface area contributed by atoms with E-state index in [1.807, 2.05) is 36.5 Å². The molecule has 0 bridgehead atoms. The molecular formula is C17H22N4O2. The first-order valence-corrected chi connectivity index (χ1v) is 7.97. The first-order chi connectivity index (χ1) is 11.3. The Labute approximate surface area is 136 Å². The molecular weight excluding hydrogens is 292 g/mol. The van der Waals surface area contributed by atoms with Crippen molar-refractivity contribution in [1.29, 1.82) is 0 Å². The molecule has 0 saturated carbocycles. The zero-order valence-electron chi connectivity index (χ0n) is 13.1. The van der Waals surface area contributed by atoms with Crippen LogP contribution in [0.3, 0.4) is 0 Å². The standard InChI is InChI=1S/C17H22N4O2/c22-17(18-6-7-20-8-10-23-11-9-20)12-15-13-19-21(14-15)16-4-2-1-3-5-16/h1-5,13-14H,6-12H2,(H,18,22). The third kappa shape index (κ3) is 4.64. The molecule has 1 aromatic heterocycles. The van der Waals surface area contributed by atoms with Crippen molar-refractivity contribution in [1.82, 2.24) is 20.0 Å². The van der Waals surface area contributed by atoms with Crippen LogP contribution in [-0.2, 0) is 16.0 Å². The largest absolute Gasteiger partial charge is 0.379 e. The number of hydrogen-bond donors (Lipinski definition) is 1. The first-order valence-electron chi connectivity index (χ1n) is 7.97. The molecule has 1 aliphatic heterocycles. The Bertz CT molecular complexity index is 621. The highest BCUT2D eigenvalue weighted by Crippen LogP contribution is 2.08. The second-order valence-corrected chi connectivity index (χ2v) is 5.61. The molecule has 0 unspecified atom stereocenters. The van der Waals surface area contributed by atoms with Crippen molar-refractivity contribution in [3.63, 3.8) is 0 Å². The minimum Gasteiger partial charge on any atom is -0.379 e. The summed E-state index contributed by atoms with van der Waals surface area (Å²) in [5.74, 6) is 0.0332. The molecule has 6 nitrogen and oxygen atoms in total. The van der Waals surface area contributed by atoms with Gasteiger partial charge in [-0.15, -0.1) is 0 Å². The predicted molar refractivity (Wildman–Crippen MR) is 87.5 cm³/mol. The summed E-state index contributed by atoms with van der Waals surface area (Å²) in [7, 11) is 0.